The molecule has 29 heavy (non-hydrogen) atoms. The summed E-state index contributed by atoms with van der Waals surface area (Å²) < 4.78 is 18.2. The molecule has 0 unspecified atom stereocenters. The molecule has 0 atom stereocenters. The Kier molecular flexibility index (Phi) is 8.30. The zero-order valence-corrected chi connectivity index (χ0v) is 15.8. The van der Waals surface area contributed by atoms with E-state index in [0.717, 1.165) is 6.42 Å². The smallest absolute Gasteiger partial charge is 0.329 e. The van der Waals surface area contributed by atoms with Crippen molar-refractivity contribution < 1.29 is 23.5 Å². The second kappa shape index (κ2) is 11.2. The van der Waals surface area contributed by atoms with Crippen LogP contribution in [0, 0.1) is 5.82 Å². The number of rotatable bonds is 8. The standard InChI is InChI=1S/C20H21FN4O4/c1-2-11-22-19(27)20(28)25-23-12-14-3-9-17(10-4-14)29-13-18(26)24-16-7-5-15(21)6-8-16/h3-10,12H,2,11,13H2,1H3,(H,22,27)(H,24,26)(H,25,28)/b23-12-. The van der Waals surface area contributed by atoms with E-state index in [9.17, 15) is 18.8 Å². The van der Waals surface area contributed by atoms with Gasteiger partial charge in [0.05, 0.1) is 6.21 Å². The summed E-state index contributed by atoms with van der Waals surface area (Å²) in [5, 5.41) is 8.74. The van der Waals surface area contributed by atoms with Crippen molar-refractivity contribution in [2.75, 3.05) is 18.5 Å². The van der Waals surface area contributed by atoms with Crippen molar-refractivity contribution in [2.24, 2.45) is 5.10 Å². The lowest BCUT2D eigenvalue weighted by Crippen LogP contribution is -2.38. The van der Waals surface area contributed by atoms with E-state index in [1.807, 2.05) is 6.92 Å². The van der Waals surface area contributed by atoms with Crippen LogP contribution >= 0.6 is 0 Å². The van der Waals surface area contributed by atoms with Crippen molar-refractivity contribution >= 4 is 29.6 Å². The molecule has 0 fully saturated rings. The van der Waals surface area contributed by atoms with E-state index in [1.54, 1.807) is 24.3 Å². The molecular formula is C20H21FN4O4. The number of anilines is 1. The van der Waals surface area contributed by atoms with Crippen LogP contribution in [0.25, 0.3) is 0 Å². The van der Waals surface area contributed by atoms with Gasteiger partial charge in [0, 0.05) is 12.2 Å². The Morgan fingerprint density at radius 1 is 1.03 bits per heavy atom. The second-order valence-electron chi connectivity index (χ2n) is 5.87. The molecule has 0 heterocycles. The summed E-state index contributed by atoms with van der Waals surface area (Å²) >= 11 is 0. The van der Waals surface area contributed by atoms with Gasteiger partial charge in [-0.1, -0.05) is 6.92 Å². The summed E-state index contributed by atoms with van der Waals surface area (Å²) in [6.45, 7) is 2.08. The minimum absolute atomic E-state index is 0.215. The number of halogens is 1. The fourth-order valence-electron chi connectivity index (χ4n) is 2.06. The van der Waals surface area contributed by atoms with E-state index in [-0.39, 0.29) is 18.3 Å². The van der Waals surface area contributed by atoms with Crippen LogP contribution < -0.4 is 20.8 Å². The molecule has 8 nitrogen and oxygen atoms in total. The molecule has 0 saturated heterocycles. The lowest BCUT2D eigenvalue weighted by Gasteiger charge is -2.07. The maximum Gasteiger partial charge on any atom is 0.329 e. The van der Waals surface area contributed by atoms with E-state index in [1.165, 1.54) is 30.5 Å². The Labute approximate surface area is 167 Å². The molecule has 2 rings (SSSR count). The molecule has 0 radical (unpaired) electrons. The minimum atomic E-state index is -0.846. The van der Waals surface area contributed by atoms with Crippen LogP contribution in [-0.4, -0.2) is 37.1 Å². The number of amides is 3. The highest BCUT2D eigenvalue weighted by Gasteiger charge is 2.10. The quantitative estimate of drug-likeness (QED) is 0.357. The molecule has 0 saturated carbocycles. The number of nitrogens with zero attached hydrogens (tertiary/aromatic N) is 1. The molecule has 0 bridgehead atoms. The Morgan fingerprint density at radius 2 is 1.72 bits per heavy atom. The van der Waals surface area contributed by atoms with E-state index >= 15 is 0 Å². The van der Waals surface area contributed by atoms with Gasteiger partial charge >= 0.3 is 11.8 Å². The molecule has 0 aliphatic heterocycles. The summed E-state index contributed by atoms with van der Waals surface area (Å²) in [4.78, 5) is 34.7. The van der Waals surface area contributed by atoms with E-state index < -0.39 is 11.8 Å². The molecule has 0 aliphatic rings. The van der Waals surface area contributed by atoms with Crippen molar-refractivity contribution in [2.45, 2.75) is 13.3 Å². The SMILES string of the molecule is CCCNC(=O)C(=O)N/N=C\c1ccc(OCC(=O)Nc2ccc(F)cc2)cc1. The molecule has 0 aromatic heterocycles. The Morgan fingerprint density at radius 3 is 2.38 bits per heavy atom. The Bertz CT molecular complexity index is 867. The van der Waals surface area contributed by atoms with E-state index in [2.05, 4.69) is 21.2 Å². The normalized spacial score (nSPS) is 10.4. The predicted molar refractivity (Wildman–Crippen MR) is 106 cm³/mol. The zero-order chi connectivity index (χ0) is 21.1. The number of hydrogen-bond donors (Lipinski definition) is 3. The number of carbonyl (C=O) groups is 3. The minimum Gasteiger partial charge on any atom is -0.484 e. The first-order chi connectivity index (χ1) is 14.0. The molecule has 3 N–H and O–H groups in total. The van der Waals surface area contributed by atoms with Gasteiger partial charge in [0.1, 0.15) is 11.6 Å². The van der Waals surface area contributed by atoms with Crippen LogP contribution in [0.3, 0.4) is 0 Å². The number of hydrazone groups is 1. The first kappa shape index (κ1) is 21.5. The first-order valence-corrected chi connectivity index (χ1v) is 8.87. The Hall–Kier alpha value is -3.75. The highest BCUT2D eigenvalue weighted by molar-refractivity contribution is 6.35. The van der Waals surface area contributed by atoms with Crippen LogP contribution in [0.4, 0.5) is 10.1 Å². The molecule has 2 aromatic carbocycles. The topological polar surface area (TPSA) is 109 Å². The van der Waals surface area contributed by atoms with Crippen molar-refractivity contribution in [3.8, 4) is 5.75 Å². The summed E-state index contributed by atoms with van der Waals surface area (Å²) in [7, 11) is 0. The highest BCUT2D eigenvalue weighted by Crippen LogP contribution is 2.12. The zero-order valence-electron chi connectivity index (χ0n) is 15.8. The van der Waals surface area contributed by atoms with Gasteiger partial charge in [-0.3, -0.25) is 14.4 Å². The maximum absolute atomic E-state index is 12.8. The second-order valence-corrected chi connectivity index (χ2v) is 5.87. The number of carbonyl (C=O) groups excluding carboxylic acids is 3. The van der Waals surface area contributed by atoms with E-state index in [0.29, 0.717) is 23.5 Å². The highest BCUT2D eigenvalue weighted by atomic mass is 19.1. The largest absolute Gasteiger partial charge is 0.484 e. The monoisotopic (exact) mass is 400 g/mol. The van der Waals surface area contributed by atoms with Gasteiger partial charge in [0.15, 0.2) is 6.61 Å². The summed E-state index contributed by atoms with van der Waals surface area (Å²) in [6.07, 6.45) is 2.10. The molecule has 3 amide bonds. The molecule has 2 aromatic rings. The average molecular weight is 400 g/mol. The molecule has 0 spiro atoms. The predicted octanol–water partition coefficient (Wildman–Crippen LogP) is 1.82. The third-order valence-corrected chi connectivity index (χ3v) is 3.50. The fourth-order valence-corrected chi connectivity index (χ4v) is 2.06. The maximum atomic E-state index is 12.8. The van der Waals surface area contributed by atoms with Crippen LogP contribution in [0.15, 0.2) is 53.6 Å². The van der Waals surface area contributed by atoms with Gasteiger partial charge in [-0.15, -0.1) is 0 Å². The molecule has 152 valence electrons. The van der Waals surface area contributed by atoms with Gasteiger partial charge in [-0.25, -0.2) is 9.82 Å². The summed E-state index contributed by atoms with van der Waals surface area (Å²) in [6, 6.07) is 12.0. The van der Waals surface area contributed by atoms with E-state index in [4.69, 9.17) is 4.74 Å². The lowest BCUT2D eigenvalue weighted by atomic mass is 10.2. The van der Waals surface area contributed by atoms with Crippen LogP contribution in [0.5, 0.6) is 5.75 Å². The molecule has 0 aliphatic carbocycles. The third kappa shape index (κ3) is 7.79. The van der Waals surface area contributed by atoms with Crippen molar-refractivity contribution in [3.05, 3.63) is 59.9 Å². The lowest BCUT2D eigenvalue weighted by molar-refractivity contribution is -0.139. The third-order valence-electron chi connectivity index (χ3n) is 3.50. The number of ether oxygens (including phenoxy) is 1. The molecule has 9 heteroatoms. The fraction of sp³-hybridized carbons (Fsp3) is 0.200. The van der Waals surface area contributed by atoms with Crippen LogP contribution in [0.1, 0.15) is 18.9 Å². The van der Waals surface area contributed by atoms with Crippen molar-refractivity contribution in [3.63, 3.8) is 0 Å². The Balaban J connectivity index is 1.76. The number of nitrogens with one attached hydrogen (secondary N) is 3. The van der Waals surface area contributed by atoms with Crippen molar-refractivity contribution in [1.82, 2.24) is 10.7 Å². The van der Waals surface area contributed by atoms with Crippen LogP contribution in [-0.2, 0) is 14.4 Å². The average Bonchev–Trinajstić information content (AvgIpc) is 2.73. The van der Waals surface area contributed by atoms with Gasteiger partial charge in [0.2, 0.25) is 0 Å². The first-order valence-electron chi connectivity index (χ1n) is 8.87. The van der Waals surface area contributed by atoms with Crippen LogP contribution in [0.2, 0.25) is 0 Å². The number of hydrogen-bond acceptors (Lipinski definition) is 5. The van der Waals surface area contributed by atoms with Gasteiger partial charge < -0.3 is 15.4 Å². The number of benzene rings is 2. The van der Waals surface area contributed by atoms with Crippen molar-refractivity contribution in [1.29, 1.82) is 0 Å². The molecular weight excluding hydrogens is 379 g/mol. The summed E-state index contributed by atoms with van der Waals surface area (Å²) in [5.41, 5.74) is 3.26. The summed E-state index contributed by atoms with van der Waals surface area (Å²) in [5.74, 6) is -1.90. The van der Waals surface area contributed by atoms with Gasteiger partial charge in [-0.05, 0) is 60.5 Å². The van der Waals surface area contributed by atoms with Gasteiger partial charge in [0.25, 0.3) is 5.91 Å². The van der Waals surface area contributed by atoms with Gasteiger partial charge in [-0.2, -0.15) is 5.10 Å².